The molecule has 0 amide bonds. The minimum absolute atomic E-state index is 0.156. The molecule has 156 valence electrons. The van der Waals surface area contributed by atoms with Crippen molar-refractivity contribution >= 4 is 32.8 Å². The van der Waals surface area contributed by atoms with Gasteiger partial charge in [-0.3, -0.25) is 15.0 Å². The maximum atomic E-state index is 12.0. The highest BCUT2D eigenvalue weighted by molar-refractivity contribution is 7.90. The van der Waals surface area contributed by atoms with Crippen LogP contribution in [0.25, 0.3) is 0 Å². The van der Waals surface area contributed by atoms with Crippen molar-refractivity contribution in [2.75, 3.05) is 44.4 Å². The summed E-state index contributed by atoms with van der Waals surface area (Å²) in [7, 11) is -3.75. The number of morpholine rings is 1. The van der Waals surface area contributed by atoms with E-state index in [2.05, 4.69) is 10.2 Å². The summed E-state index contributed by atoms with van der Waals surface area (Å²) in [6.45, 7) is 2.89. The molecule has 2 aromatic carbocycles. The highest BCUT2D eigenvalue weighted by Crippen LogP contribution is 2.34. The molecule has 1 aliphatic heterocycles. The lowest BCUT2D eigenvalue weighted by atomic mass is 10.0. The number of hydrogen-bond donors (Lipinski definition) is 1. The van der Waals surface area contributed by atoms with Gasteiger partial charge in [0, 0.05) is 30.9 Å². The number of hydrogen-bond acceptors (Lipinski definition) is 7. The van der Waals surface area contributed by atoms with Crippen LogP contribution in [0.2, 0.25) is 5.02 Å². The number of sulfone groups is 1. The van der Waals surface area contributed by atoms with E-state index in [9.17, 15) is 18.5 Å². The molecule has 29 heavy (non-hydrogen) atoms. The van der Waals surface area contributed by atoms with Crippen molar-refractivity contribution in [2.24, 2.45) is 0 Å². The molecule has 1 fully saturated rings. The van der Waals surface area contributed by atoms with Gasteiger partial charge in [-0.1, -0.05) is 35.9 Å². The number of halogens is 1. The molecule has 1 N–H and O–H groups in total. The van der Waals surface area contributed by atoms with Gasteiger partial charge in [0.1, 0.15) is 10.6 Å². The Morgan fingerprint density at radius 1 is 1.21 bits per heavy atom. The van der Waals surface area contributed by atoms with E-state index in [1.54, 1.807) is 6.07 Å². The fourth-order valence-electron chi connectivity index (χ4n) is 3.43. The molecule has 1 heterocycles. The van der Waals surface area contributed by atoms with Crippen LogP contribution in [0.15, 0.2) is 47.4 Å². The standard InChI is InChI=1S/C19H22ClN3O5S/c1-29(26,27)18-8-4-7-16(19(18)23(24)25)21-13-17(22-9-11-28-12-10-22)14-5-2-3-6-15(14)20/h2-8,17,21H,9-13H2,1H3. The van der Waals surface area contributed by atoms with E-state index in [0.717, 1.165) is 11.8 Å². The Kier molecular flexibility index (Phi) is 6.74. The lowest BCUT2D eigenvalue weighted by Gasteiger charge is -2.35. The molecule has 0 bridgehead atoms. The first-order valence-corrected chi connectivity index (χ1v) is 11.3. The van der Waals surface area contributed by atoms with E-state index in [1.807, 2.05) is 18.2 Å². The number of nitro groups is 1. The van der Waals surface area contributed by atoms with Crippen molar-refractivity contribution in [3.8, 4) is 0 Å². The van der Waals surface area contributed by atoms with E-state index < -0.39 is 20.4 Å². The van der Waals surface area contributed by atoms with Crippen molar-refractivity contribution in [1.82, 2.24) is 4.90 Å². The average Bonchev–Trinajstić information content (AvgIpc) is 2.69. The van der Waals surface area contributed by atoms with Crippen LogP contribution in [0.3, 0.4) is 0 Å². The molecule has 0 saturated carbocycles. The Balaban J connectivity index is 1.94. The molecular formula is C19H22ClN3O5S. The molecule has 1 atom stereocenters. The maximum absolute atomic E-state index is 12.0. The van der Waals surface area contributed by atoms with Gasteiger partial charge in [0.05, 0.1) is 24.2 Å². The molecule has 1 saturated heterocycles. The first-order valence-electron chi connectivity index (χ1n) is 9.06. The molecule has 0 radical (unpaired) electrons. The molecule has 1 unspecified atom stereocenters. The summed E-state index contributed by atoms with van der Waals surface area (Å²) >= 11 is 6.41. The van der Waals surface area contributed by atoms with Crippen molar-refractivity contribution in [3.63, 3.8) is 0 Å². The largest absolute Gasteiger partial charge is 0.379 e. The first-order chi connectivity index (χ1) is 13.8. The van der Waals surface area contributed by atoms with Crippen LogP contribution in [0.4, 0.5) is 11.4 Å². The minimum Gasteiger partial charge on any atom is -0.379 e. The average molecular weight is 440 g/mol. The summed E-state index contributed by atoms with van der Waals surface area (Å²) in [6.07, 6.45) is 0.958. The molecule has 10 heteroatoms. The molecular weight excluding hydrogens is 418 g/mol. The van der Waals surface area contributed by atoms with Gasteiger partial charge < -0.3 is 10.1 Å². The summed E-state index contributed by atoms with van der Waals surface area (Å²) in [4.78, 5) is 12.8. The van der Waals surface area contributed by atoms with Crippen molar-refractivity contribution < 1.29 is 18.1 Å². The smallest absolute Gasteiger partial charge is 0.310 e. The van der Waals surface area contributed by atoms with Gasteiger partial charge in [0.25, 0.3) is 0 Å². The first kappa shape index (κ1) is 21.5. The summed E-state index contributed by atoms with van der Waals surface area (Å²) < 4.78 is 29.4. The van der Waals surface area contributed by atoms with Crippen molar-refractivity contribution in [2.45, 2.75) is 10.9 Å². The fraction of sp³-hybridized carbons (Fsp3) is 0.368. The van der Waals surface area contributed by atoms with Crippen LogP contribution >= 0.6 is 11.6 Å². The molecule has 0 aromatic heterocycles. The van der Waals surface area contributed by atoms with Crippen molar-refractivity contribution in [1.29, 1.82) is 0 Å². The van der Waals surface area contributed by atoms with Gasteiger partial charge >= 0.3 is 5.69 Å². The second-order valence-corrected chi connectivity index (χ2v) is 9.14. The topological polar surface area (TPSA) is 102 Å². The zero-order valence-electron chi connectivity index (χ0n) is 15.9. The third kappa shape index (κ3) is 5.05. The predicted molar refractivity (Wildman–Crippen MR) is 111 cm³/mol. The normalized spacial score (nSPS) is 16.3. The van der Waals surface area contributed by atoms with E-state index in [0.29, 0.717) is 37.9 Å². The second kappa shape index (κ2) is 9.08. The number of anilines is 1. The van der Waals surface area contributed by atoms with Gasteiger partial charge in [0.15, 0.2) is 9.84 Å². The third-order valence-electron chi connectivity index (χ3n) is 4.82. The lowest BCUT2D eigenvalue weighted by Crippen LogP contribution is -2.41. The summed E-state index contributed by atoms with van der Waals surface area (Å²) in [6, 6.07) is 11.5. The number of nitrogens with zero attached hydrogens (tertiary/aromatic N) is 2. The Labute approximate surface area is 174 Å². The Hall–Kier alpha value is -2.20. The van der Waals surface area contributed by atoms with Crippen LogP contribution in [0, 0.1) is 10.1 Å². The molecule has 1 aliphatic rings. The monoisotopic (exact) mass is 439 g/mol. The van der Waals surface area contributed by atoms with Gasteiger partial charge in [-0.2, -0.15) is 0 Å². The SMILES string of the molecule is CS(=O)(=O)c1cccc(NCC(c2ccccc2Cl)N2CCOCC2)c1[N+](=O)[O-]. The van der Waals surface area contributed by atoms with Gasteiger partial charge in [0.2, 0.25) is 0 Å². The van der Waals surface area contributed by atoms with Crippen LogP contribution in [-0.4, -0.2) is 57.3 Å². The van der Waals surface area contributed by atoms with E-state index in [1.165, 1.54) is 18.2 Å². The number of ether oxygens (including phenoxy) is 1. The van der Waals surface area contributed by atoms with Crippen LogP contribution in [0.5, 0.6) is 0 Å². The fourth-order valence-corrected chi connectivity index (χ4v) is 4.55. The van der Waals surface area contributed by atoms with Crippen LogP contribution < -0.4 is 5.32 Å². The van der Waals surface area contributed by atoms with E-state index in [4.69, 9.17) is 16.3 Å². The zero-order chi connectivity index (χ0) is 21.0. The number of rotatable bonds is 7. The number of nitro benzene ring substituents is 1. The predicted octanol–water partition coefficient (Wildman–Crippen LogP) is 3.14. The number of nitrogens with one attached hydrogen (secondary N) is 1. The van der Waals surface area contributed by atoms with Crippen molar-refractivity contribution in [3.05, 3.63) is 63.2 Å². The lowest BCUT2D eigenvalue weighted by molar-refractivity contribution is -0.386. The Morgan fingerprint density at radius 3 is 2.52 bits per heavy atom. The van der Waals surface area contributed by atoms with Gasteiger partial charge in [-0.15, -0.1) is 0 Å². The van der Waals surface area contributed by atoms with E-state index in [-0.39, 0.29) is 16.6 Å². The zero-order valence-corrected chi connectivity index (χ0v) is 17.4. The summed E-state index contributed by atoms with van der Waals surface area (Å²) in [5.41, 5.74) is 0.601. The maximum Gasteiger partial charge on any atom is 0.310 e. The Bertz CT molecular complexity index is 993. The highest BCUT2D eigenvalue weighted by atomic mass is 35.5. The minimum atomic E-state index is -3.75. The van der Waals surface area contributed by atoms with Gasteiger partial charge in [-0.25, -0.2) is 8.42 Å². The molecule has 8 nitrogen and oxygen atoms in total. The Morgan fingerprint density at radius 2 is 1.90 bits per heavy atom. The number of benzene rings is 2. The highest BCUT2D eigenvalue weighted by Gasteiger charge is 2.28. The third-order valence-corrected chi connectivity index (χ3v) is 6.29. The molecule has 0 aliphatic carbocycles. The second-order valence-electron chi connectivity index (χ2n) is 6.75. The van der Waals surface area contributed by atoms with Crippen LogP contribution in [-0.2, 0) is 14.6 Å². The summed E-state index contributed by atoms with van der Waals surface area (Å²) in [5, 5.41) is 15.3. The number of para-hydroxylation sites is 1. The van der Waals surface area contributed by atoms with E-state index >= 15 is 0 Å². The summed E-state index contributed by atoms with van der Waals surface area (Å²) in [5.74, 6) is 0. The molecule has 0 spiro atoms. The molecule has 2 aromatic rings. The van der Waals surface area contributed by atoms with Gasteiger partial charge in [-0.05, 0) is 23.8 Å². The quantitative estimate of drug-likeness (QED) is 0.522. The van der Waals surface area contributed by atoms with Crippen LogP contribution in [0.1, 0.15) is 11.6 Å². The molecule has 3 rings (SSSR count).